The SMILES string of the molecule is CCC(C)NC(C)(CCO)COC. The van der Waals surface area contributed by atoms with Gasteiger partial charge in [-0.1, -0.05) is 6.92 Å². The van der Waals surface area contributed by atoms with E-state index in [9.17, 15) is 0 Å². The molecule has 0 heterocycles. The average Bonchev–Trinajstić information content (AvgIpc) is 2.04. The number of aliphatic hydroxyl groups excluding tert-OH is 1. The minimum Gasteiger partial charge on any atom is -0.396 e. The van der Waals surface area contributed by atoms with Crippen molar-refractivity contribution in [1.29, 1.82) is 0 Å². The molecule has 0 saturated heterocycles. The van der Waals surface area contributed by atoms with Crippen LogP contribution in [0.3, 0.4) is 0 Å². The van der Waals surface area contributed by atoms with Gasteiger partial charge in [-0.15, -0.1) is 0 Å². The second kappa shape index (κ2) is 6.35. The van der Waals surface area contributed by atoms with Crippen molar-refractivity contribution in [3.8, 4) is 0 Å². The Morgan fingerprint density at radius 1 is 1.54 bits per heavy atom. The van der Waals surface area contributed by atoms with Gasteiger partial charge in [0.15, 0.2) is 0 Å². The van der Waals surface area contributed by atoms with Gasteiger partial charge in [-0.25, -0.2) is 0 Å². The van der Waals surface area contributed by atoms with Crippen LogP contribution in [0.2, 0.25) is 0 Å². The van der Waals surface area contributed by atoms with E-state index in [2.05, 4.69) is 26.1 Å². The Morgan fingerprint density at radius 2 is 2.15 bits per heavy atom. The lowest BCUT2D eigenvalue weighted by molar-refractivity contribution is 0.0909. The van der Waals surface area contributed by atoms with Gasteiger partial charge in [-0.3, -0.25) is 0 Å². The van der Waals surface area contributed by atoms with E-state index in [1.54, 1.807) is 7.11 Å². The zero-order chi connectivity index (χ0) is 10.3. The summed E-state index contributed by atoms with van der Waals surface area (Å²) in [5.41, 5.74) is -0.0983. The highest BCUT2D eigenvalue weighted by Crippen LogP contribution is 2.11. The van der Waals surface area contributed by atoms with Crippen LogP contribution in [-0.4, -0.2) is 37.0 Å². The van der Waals surface area contributed by atoms with Crippen molar-refractivity contribution in [1.82, 2.24) is 5.32 Å². The third-order valence-corrected chi connectivity index (χ3v) is 2.33. The molecule has 2 atom stereocenters. The number of methoxy groups -OCH3 is 1. The normalized spacial score (nSPS) is 18.2. The van der Waals surface area contributed by atoms with Gasteiger partial charge in [-0.05, 0) is 26.7 Å². The molecule has 3 nitrogen and oxygen atoms in total. The fourth-order valence-corrected chi connectivity index (χ4v) is 1.45. The lowest BCUT2D eigenvalue weighted by Gasteiger charge is -2.32. The van der Waals surface area contributed by atoms with E-state index in [1.807, 2.05) is 0 Å². The number of aliphatic hydroxyl groups is 1. The van der Waals surface area contributed by atoms with Crippen molar-refractivity contribution in [2.75, 3.05) is 20.3 Å². The molecule has 2 unspecified atom stereocenters. The van der Waals surface area contributed by atoms with Crippen molar-refractivity contribution in [2.45, 2.75) is 45.2 Å². The second-order valence-electron chi connectivity index (χ2n) is 3.92. The van der Waals surface area contributed by atoms with Crippen molar-refractivity contribution in [3.63, 3.8) is 0 Å². The summed E-state index contributed by atoms with van der Waals surface area (Å²) in [7, 11) is 1.69. The molecule has 13 heavy (non-hydrogen) atoms. The third-order valence-electron chi connectivity index (χ3n) is 2.33. The number of rotatable bonds is 7. The van der Waals surface area contributed by atoms with Gasteiger partial charge < -0.3 is 15.2 Å². The zero-order valence-electron chi connectivity index (χ0n) is 9.26. The smallest absolute Gasteiger partial charge is 0.0642 e. The van der Waals surface area contributed by atoms with Crippen molar-refractivity contribution in [3.05, 3.63) is 0 Å². The molecule has 0 radical (unpaired) electrons. The Bertz CT molecular complexity index is 122. The molecule has 2 N–H and O–H groups in total. The standard InChI is InChI=1S/C10H23NO2/c1-5-9(2)11-10(3,6-7-12)8-13-4/h9,11-12H,5-8H2,1-4H3. The summed E-state index contributed by atoms with van der Waals surface area (Å²) in [5, 5.41) is 12.4. The zero-order valence-corrected chi connectivity index (χ0v) is 9.26. The van der Waals surface area contributed by atoms with Gasteiger partial charge in [-0.2, -0.15) is 0 Å². The van der Waals surface area contributed by atoms with Crippen LogP contribution >= 0.6 is 0 Å². The molecule has 0 aromatic carbocycles. The summed E-state index contributed by atoms with van der Waals surface area (Å²) >= 11 is 0. The molecule has 0 rings (SSSR count). The van der Waals surface area contributed by atoms with Crippen LogP contribution in [0.5, 0.6) is 0 Å². The summed E-state index contributed by atoms with van der Waals surface area (Å²) in [6, 6.07) is 0.465. The minimum absolute atomic E-state index is 0.0983. The van der Waals surface area contributed by atoms with E-state index >= 15 is 0 Å². The molecule has 0 aliphatic heterocycles. The highest BCUT2D eigenvalue weighted by Gasteiger charge is 2.24. The van der Waals surface area contributed by atoms with Gasteiger partial charge in [0, 0.05) is 25.3 Å². The summed E-state index contributed by atoms with van der Waals surface area (Å²) in [5.74, 6) is 0. The van der Waals surface area contributed by atoms with Gasteiger partial charge in [0.25, 0.3) is 0 Å². The summed E-state index contributed by atoms with van der Waals surface area (Å²) < 4.78 is 5.13. The fraction of sp³-hybridized carbons (Fsp3) is 1.00. The lowest BCUT2D eigenvalue weighted by Crippen LogP contribution is -2.50. The molecule has 0 aromatic rings. The van der Waals surface area contributed by atoms with E-state index in [0.29, 0.717) is 12.6 Å². The van der Waals surface area contributed by atoms with Crippen molar-refractivity contribution in [2.24, 2.45) is 0 Å². The molecule has 0 aliphatic carbocycles. The first kappa shape index (κ1) is 12.9. The fourth-order valence-electron chi connectivity index (χ4n) is 1.45. The minimum atomic E-state index is -0.0983. The van der Waals surface area contributed by atoms with Crippen LogP contribution in [-0.2, 0) is 4.74 Å². The average molecular weight is 189 g/mol. The molecule has 0 amide bonds. The number of ether oxygens (including phenoxy) is 1. The summed E-state index contributed by atoms with van der Waals surface area (Å²) in [6.07, 6.45) is 1.82. The predicted octanol–water partition coefficient (Wildman–Crippen LogP) is 1.16. The van der Waals surface area contributed by atoms with Crippen LogP contribution in [0.4, 0.5) is 0 Å². The summed E-state index contributed by atoms with van der Waals surface area (Å²) in [4.78, 5) is 0. The van der Waals surface area contributed by atoms with E-state index in [-0.39, 0.29) is 12.1 Å². The Hall–Kier alpha value is -0.120. The number of nitrogens with one attached hydrogen (secondary N) is 1. The van der Waals surface area contributed by atoms with E-state index < -0.39 is 0 Å². The highest BCUT2D eigenvalue weighted by molar-refractivity contribution is 4.84. The van der Waals surface area contributed by atoms with Crippen molar-refractivity contribution >= 4 is 0 Å². The van der Waals surface area contributed by atoms with E-state index in [0.717, 1.165) is 12.8 Å². The largest absolute Gasteiger partial charge is 0.396 e. The molecule has 0 fully saturated rings. The summed E-state index contributed by atoms with van der Waals surface area (Å²) in [6.45, 7) is 7.20. The van der Waals surface area contributed by atoms with Gasteiger partial charge >= 0.3 is 0 Å². The van der Waals surface area contributed by atoms with E-state index in [1.165, 1.54) is 0 Å². The molecule has 0 spiro atoms. The maximum absolute atomic E-state index is 8.92. The van der Waals surface area contributed by atoms with Gasteiger partial charge in [0.05, 0.1) is 6.61 Å². The Morgan fingerprint density at radius 3 is 2.54 bits per heavy atom. The van der Waals surface area contributed by atoms with Crippen LogP contribution < -0.4 is 5.32 Å². The Kier molecular flexibility index (Phi) is 6.29. The molecule has 3 heteroatoms. The first-order chi connectivity index (χ1) is 6.08. The Labute approximate surface area is 81.5 Å². The van der Waals surface area contributed by atoms with Crippen LogP contribution in [0.25, 0.3) is 0 Å². The van der Waals surface area contributed by atoms with Crippen molar-refractivity contribution < 1.29 is 9.84 Å². The molecule has 0 saturated carbocycles. The molecule has 0 aromatic heterocycles. The van der Waals surface area contributed by atoms with Crippen LogP contribution in [0.15, 0.2) is 0 Å². The third kappa shape index (κ3) is 5.24. The van der Waals surface area contributed by atoms with Crippen LogP contribution in [0.1, 0.15) is 33.6 Å². The highest BCUT2D eigenvalue weighted by atomic mass is 16.5. The predicted molar refractivity (Wildman–Crippen MR) is 54.9 cm³/mol. The van der Waals surface area contributed by atoms with Gasteiger partial charge in [0.1, 0.15) is 0 Å². The molecule has 0 aliphatic rings. The molecule has 0 bridgehead atoms. The van der Waals surface area contributed by atoms with Gasteiger partial charge in [0.2, 0.25) is 0 Å². The topological polar surface area (TPSA) is 41.5 Å². The Balaban J connectivity index is 4.05. The molecular weight excluding hydrogens is 166 g/mol. The first-order valence-electron chi connectivity index (χ1n) is 4.95. The molecular formula is C10H23NO2. The van der Waals surface area contributed by atoms with E-state index in [4.69, 9.17) is 9.84 Å². The maximum atomic E-state index is 8.92. The first-order valence-corrected chi connectivity index (χ1v) is 4.95. The number of hydrogen-bond donors (Lipinski definition) is 2. The maximum Gasteiger partial charge on any atom is 0.0642 e. The second-order valence-corrected chi connectivity index (χ2v) is 3.92. The molecule has 80 valence electrons. The number of hydrogen-bond acceptors (Lipinski definition) is 3. The monoisotopic (exact) mass is 189 g/mol. The van der Waals surface area contributed by atoms with Crippen LogP contribution in [0, 0.1) is 0 Å². The lowest BCUT2D eigenvalue weighted by atomic mass is 9.98. The quantitative estimate of drug-likeness (QED) is 0.631.